The van der Waals surface area contributed by atoms with Crippen molar-refractivity contribution in [3.8, 4) is 0 Å². The first-order valence-corrected chi connectivity index (χ1v) is 6.23. The summed E-state index contributed by atoms with van der Waals surface area (Å²) in [6.45, 7) is 4.90. The lowest BCUT2D eigenvalue weighted by Gasteiger charge is -2.10. The van der Waals surface area contributed by atoms with Crippen LogP contribution in [0.25, 0.3) is 0 Å². The highest BCUT2D eigenvalue weighted by molar-refractivity contribution is 5.56. The molecule has 0 radical (unpaired) electrons. The van der Waals surface area contributed by atoms with Crippen LogP contribution in [0.5, 0.6) is 0 Å². The van der Waals surface area contributed by atoms with Gasteiger partial charge in [-0.2, -0.15) is 0 Å². The molecule has 0 atom stereocenters. The summed E-state index contributed by atoms with van der Waals surface area (Å²) in [5.41, 5.74) is 11.2. The third-order valence-electron chi connectivity index (χ3n) is 3.10. The zero-order chi connectivity index (χ0) is 13.0. The predicted molar refractivity (Wildman–Crippen MR) is 76.5 cm³/mol. The number of aryl methyl sites for hydroxylation is 2. The molecule has 0 spiro atoms. The molecular formula is C15H19N3. The Morgan fingerprint density at radius 3 is 2.83 bits per heavy atom. The number of rotatable bonds is 4. The van der Waals surface area contributed by atoms with E-state index >= 15 is 0 Å². The van der Waals surface area contributed by atoms with Gasteiger partial charge in [0, 0.05) is 17.6 Å². The lowest BCUT2D eigenvalue weighted by atomic mass is 10.1. The molecule has 94 valence electrons. The first-order chi connectivity index (χ1) is 8.70. The summed E-state index contributed by atoms with van der Waals surface area (Å²) in [6, 6.07) is 10.1. The van der Waals surface area contributed by atoms with Crippen molar-refractivity contribution >= 4 is 11.4 Å². The van der Waals surface area contributed by atoms with E-state index in [0.29, 0.717) is 0 Å². The smallest absolute Gasteiger partial charge is 0.0626 e. The number of nitrogens with two attached hydrogens (primary N) is 1. The van der Waals surface area contributed by atoms with Gasteiger partial charge in [0.1, 0.15) is 0 Å². The van der Waals surface area contributed by atoms with E-state index in [2.05, 4.69) is 29.4 Å². The highest BCUT2D eigenvalue weighted by Gasteiger charge is 2.02. The van der Waals surface area contributed by atoms with E-state index in [1.807, 2.05) is 31.3 Å². The van der Waals surface area contributed by atoms with Crippen LogP contribution in [0, 0.1) is 6.92 Å². The van der Waals surface area contributed by atoms with Gasteiger partial charge in [-0.15, -0.1) is 0 Å². The van der Waals surface area contributed by atoms with Gasteiger partial charge in [-0.25, -0.2) is 0 Å². The highest BCUT2D eigenvalue weighted by atomic mass is 14.9. The Hall–Kier alpha value is -2.03. The Bertz CT molecular complexity index is 535. The fraction of sp³-hybridized carbons (Fsp3) is 0.267. The van der Waals surface area contributed by atoms with Crippen molar-refractivity contribution in [1.82, 2.24) is 4.98 Å². The molecule has 2 aromatic rings. The van der Waals surface area contributed by atoms with Crippen molar-refractivity contribution in [3.05, 3.63) is 53.3 Å². The van der Waals surface area contributed by atoms with Crippen molar-refractivity contribution in [2.75, 3.05) is 11.1 Å². The van der Waals surface area contributed by atoms with E-state index < -0.39 is 0 Å². The van der Waals surface area contributed by atoms with E-state index in [1.165, 1.54) is 5.56 Å². The van der Waals surface area contributed by atoms with Crippen LogP contribution >= 0.6 is 0 Å². The Labute approximate surface area is 108 Å². The van der Waals surface area contributed by atoms with Crippen LogP contribution in [0.3, 0.4) is 0 Å². The second kappa shape index (κ2) is 5.54. The lowest BCUT2D eigenvalue weighted by molar-refractivity contribution is 0.971. The van der Waals surface area contributed by atoms with Crippen LogP contribution in [0.15, 0.2) is 36.5 Å². The molecule has 0 aliphatic rings. The minimum absolute atomic E-state index is 0.743. The molecule has 0 aliphatic heterocycles. The van der Waals surface area contributed by atoms with E-state index in [-0.39, 0.29) is 0 Å². The van der Waals surface area contributed by atoms with Crippen molar-refractivity contribution in [1.29, 1.82) is 0 Å². The number of nitrogen functional groups attached to an aromatic ring is 1. The van der Waals surface area contributed by atoms with Crippen molar-refractivity contribution in [2.24, 2.45) is 0 Å². The molecule has 0 fully saturated rings. The lowest BCUT2D eigenvalue weighted by Crippen LogP contribution is -2.05. The molecule has 0 bridgehead atoms. The zero-order valence-corrected chi connectivity index (χ0v) is 10.9. The number of benzene rings is 1. The third kappa shape index (κ3) is 2.80. The molecule has 1 aromatic heterocycles. The van der Waals surface area contributed by atoms with E-state index in [9.17, 15) is 0 Å². The number of nitrogens with zero attached hydrogens (tertiary/aromatic N) is 1. The summed E-state index contributed by atoms with van der Waals surface area (Å²) in [5, 5.41) is 3.39. The monoisotopic (exact) mass is 241 g/mol. The summed E-state index contributed by atoms with van der Waals surface area (Å²) < 4.78 is 0. The third-order valence-corrected chi connectivity index (χ3v) is 3.10. The van der Waals surface area contributed by atoms with Crippen LogP contribution in [0.2, 0.25) is 0 Å². The van der Waals surface area contributed by atoms with Crippen LogP contribution in [-0.4, -0.2) is 4.98 Å². The molecule has 0 amide bonds. The summed E-state index contributed by atoms with van der Waals surface area (Å²) in [5.74, 6) is 0. The molecule has 1 heterocycles. The second-order valence-electron chi connectivity index (χ2n) is 4.39. The van der Waals surface area contributed by atoms with Gasteiger partial charge < -0.3 is 11.1 Å². The number of hydrogen-bond acceptors (Lipinski definition) is 3. The molecule has 0 aliphatic carbocycles. The summed E-state index contributed by atoms with van der Waals surface area (Å²) in [6.07, 6.45) is 2.84. The Kier molecular flexibility index (Phi) is 3.82. The molecular weight excluding hydrogens is 222 g/mol. The van der Waals surface area contributed by atoms with Crippen LogP contribution in [0.1, 0.15) is 23.7 Å². The van der Waals surface area contributed by atoms with Gasteiger partial charge >= 0.3 is 0 Å². The Balaban J connectivity index is 2.09. The van der Waals surface area contributed by atoms with Crippen molar-refractivity contribution in [2.45, 2.75) is 26.8 Å². The van der Waals surface area contributed by atoms with Gasteiger partial charge in [-0.3, -0.25) is 4.98 Å². The van der Waals surface area contributed by atoms with Crippen LogP contribution in [0.4, 0.5) is 11.4 Å². The minimum Gasteiger partial charge on any atom is -0.399 e. The largest absolute Gasteiger partial charge is 0.399 e. The minimum atomic E-state index is 0.743. The Morgan fingerprint density at radius 1 is 1.28 bits per heavy atom. The number of pyridine rings is 1. The topological polar surface area (TPSA) is 50.9 Å². The van der Waals surface area contributed by atoms with Crippen molar-refractivity contribution in [3.63, 3.8) is 0 Å². The fourth-order valence-corrected chi connectivity index (χ4v) is 1.92. The van der Waals surface area contributed by atoms with E-state index in [4.69, 9.17) is 5.73 Å². The second-order valence-corrected chi connectivity index (χ2v) is 4.39. The predicted octanol–water partition coefficient (Wildman–Crippen LogP) is 3.15. The first-order valence-electron chi connectivity index (χ1n) is 6.23. The summed E-state index contributed by atoms with van der Waals surface area (Å²) >= 11 is 0. The van der Waals surface area contributed by atoms with Gasteiger partial charge in [0.05, 0.1) is 12.2 Å². The number of nitrogens with one attached hydrogen (secondary N) is 1. The molecule has 3 nitrogen and oxygen atoms in total. The molecule has 0 saturated carbocycles. The van der Waals surface area contributed by atoms with Gasteiger partial charge in [0.2, 0.25) is 0 Å². The molecule has 0 unspecified atom stereocenters. The highest BCUT2D eigenvalue weighted by Crippen LogP contribution is 2.17. The van der Waals surface area contributed by atoms with Gasteiger partial charge in [0.15, 0.2) is 0 Å². The van der Waals surface area contributed by atoms with Crippen molar-refractivity contribution < 1.29 is 0 Å². The fourth-order valence-electron chi connectivity index (χ4n) is 1.92. The Morgan fingerprint density at radius 2 is 2.11 bits per heavy atom. The SMILES string of the molecule is CCc1cccnc1CNc1ccc(N)c(C)c1. The molecule has 3 heteroatoms. The number of anilines is 2. The maximum atomic E-state index is 5.80. The van der Waals surface area contributed by atoms with Gasteiger partial charge in [-0.1, -0.05) is 13.0 Å². The van der Waals surface area contributed by atoms with E-state index in [1.54, 1.807) is 0 Å². The normalized spacial score (nSPS) is 10.3. The maximum absolute atomic E-state index is 5.80. The summed E-state index contributed by atoms with van der Waals surface area (Å²) in [7, 11) is 0. The van der Waals surface area contributed by atoms with Gasteiger partial charge in [-0.05, 0) is 48.7 Å². The molecule has 18 heavy (non-hydrogen) atoms. The molecule has 3 N–H and O–H groups in total. The molecule has 0 saturated heterocycles. The molecule has 2 rings (SSSR count). The standard InChI is InChI=1S/C15H19N3/c1-3-12-5-4-8-17-15(12)10-18-13-6-7-14(16)11(2)9-13/h4-9,18H,3,10,16H2,1-2H3. The van der Waals surface area contributed by atoms with Crippen LogP contribution < -0.4 is 11.1 Å². The average molecular weight is 241 g/mol. The zero-order valence-electron chi connectivity index (χ0n) is 10.9. The van der Waals surface area contributed by atoms with Gasteiger partial charge in [0.25, 0.3) is 0 Å². The maximum Gasteiger partial charge on any atom is 0.0626 e. The summed E-state index contributed by atoms with van der Waals surface area (Å²) in [4.78, 5) is 4.42. The molecule has 1 aromatic carbocycles. The first kappa shape index (κ1) is 12.4. The van der Waals surface area contributed by atoms with Crippen LogP contribution in [-0.2, 0) is 13.0 Å². The quantitative estimate of drug-likeness (QED) is 0.808. The average Bonchev–Trinajstić information content (AvgIpc) is 2.40. The van der Waals surface area contributed by atoms with E-state index in [0.717, 1.165) is 35.6 Å². The number of aromatic nitrogens is 1. The number of hydrogen-bond donors (Lipinski definition) is 2.